The molecule has 0 N–H and O–H groups in total. The Hall–Kier alpha value is -0.600. The molecule has 0 aliphatic rings. The zero-order chi connectivity index (χ0) is 12.4. The summed E-state index contributed by atoms with van der Waals surface area (Å²) in [5, 5.41) is 0. The van der Waals surface area contributed by atoms with E-state index in [4.69, 9.17) is 0 Å². The number of rotatable bonds is 3. The summed E-state index contributed by atoms with van der Waals surface area (Å²) >= 11 is 5.55. The first-order valence-electron chi connectivity index (χ1n) is 5.93. The molecule has 0 atom stereocenters. The lowest BCUT2D eigenvalue weighted by atomic mass is 10.0. The molecule has 0 bridgehead atoms. The summed E-state index contributed by atoms with van der Waals surface area (Å²) in [4.78, 5) is 2.93. The minimum absolute atomic E-state index is 1.05. The number of hydrogen-bond acceptors (Lipinski definition) is 1. The molecule has 0 saturated heterocycles. The van der Waals surface area contributed by atoms with Gasteiger partial charge in [0, 0.05) is 20.6 Å². The van der Waals surface area contributed by atoms with Gasteiger partial charge in [-0.25, -0.2) is 0 Å². The van der Waals surface area contributed by atoms with Gasteiger partial charge in [-0.1, -0.05) is 28.9 Å². The van der Waals surface area contributed by atoms with Crippen LogP contribution in [0.25, 0.3) is 0 Å². The third-order valence-corrected chi connectivity index (χ3v) is 5.13. The molecule has 0 saturated carbocycles. The van der Waals surface area contributed by atoms with E-state index in [2.05, 4.69) is 61.0 Å². The summed E-state index contributed by atoms with van der Waals surface area (Å²) in [7, 11) is 0. The van der Waals surface area contributed by atoms with Crippen molar-refractivity contribution in [1.29, 1.82) is 0 Å². The first-order chi connectivity index (χ1) is 8.10. The Morgan fingerprint density at radius 2 is 1.76 bits per heavy atom. The van der Waals surface area contributed by atoms with Gasteiger partial charge in [0.25, 0.3) is 0 Å². The van der Waals surface area contributed by atoms with E-state index >= 15 is 0 Å². The van der Waals surface area contributed by atoms with Crippen LogP contribution >= 0.6 is 27.3 Å². The second-order valence-electron chi connectivity index (χ2n) is 4.43. The smallest absolute Gasteiger partial charge is 0.0207 e. The molecular formula is C15H17BrS. The Bertz CT molecular complexity index is 526. The van der Waals surface area contributed by atoms with Crippen LogP contribution in [0.1, 0.15) is 33.4 Å². The van der Waals surface area contributed by atoms with Crippen LogP contribution in [0.15, 0.2) is 28.7 Å². The first-order valence-corrected chi connectivity index (χ1v) is 7.54. The molecule has 0 nitrogen and oxygen atoms in total. The predicted molar refractivity (Wildman–Crippen MR) is 80.1 cm³/mol. The van der Waals surface area contributed by atoms with Gasteiger partial charge in [-0.15, -0.1) is 11.3 Å². The second kappa shape index (κ2) is 5.36. The van der Waals surface area contributed by atoms with Crippen molar-refractivity contribution in [3.63, 3.8) is 0 Å². The number of benzene rings is 1. The van der Waals surface area contributed by atoms with Crippen LogP contribution in [-0.4, -0.2) is 0 Å². The fourth-order valence-corrected chi connectivity index (χ4v) is 3.32. The molecule has 1 aromatic heterocycles. The third-order valence-electron chi connectivity index (χ3n) is 3.05. The quantitative estimate of drug-likeness (QED) is 0.723. The van der Waals surface area contributed by atoms with E-state index in [9.17, 15) is 0 Å². The van der Waals surface area contributed by atoms with Gasteiger partial charge in [-0.2, -0.15) is 0 Å². The normalized spacial score (nSPS) is 10.8. The molecule has 0 aliphatic heterocycles. The minimum atomic E-state index is 1.05. The summed E-state index contributed by atoms with van der Waals surface area (Å²) in [5.74, 6) is 0. The average Bonchev–Trinajstić information content (AvgIpc) is 2.73. The van der Waals surface area contributed by atoms with Crippen molar-refractivity contribution >= 4 is 27.3 Å². The summed E-state index contributed by atoms with van der Waals surface area (Å²) < 4.78 is 1.21. The molecule has 0 radical (unpaired) electrons. The highest BCUT2D eigenvalue weighted by Crippen LogP contribution is 2.26. The van der Waals surface area contributed by atoms with Crippen LogP contribution < -0.4 is 0 Å². The fraction of sp³-hybridized carbons (Fsp3) is 0.333. The Balaban J connectivity index is 2.26. The molecule has 0 unspecified atom stereocenters. The Morgan fingerprint density at radius 3 is 2.41 bits per heavy atom. The largest absolute Gasteiger partial charge is 0.145 e. The van der Waals surface area contributed by atoms with Crippen LogP contribution in [-0.2, 0) is 12.8 Å². The maximum atomic E-state index is 3.62. The molecule has 2 heteroatoms. The van der Waals surface area contributed by atoms with E-state index in [1.807, 2.05) is 11.3 Å². The molecule has 0 amide bonds. The standard InChI is InChI=1S/C15H17BrS/c1-4-13-5-6-14(17-13)8-12-9-15(16)11(3)7-10(12)2/h5-7,9H,4,8H2,1-3H3. The van der Waals surface area contributed by atoms with Crippen molar-refractivity contribution in [3.8, 4) is 0 Å². The van der Waals surface area contributed by atoms with E-state index in [0.29, 0.717) is 0 Å². The van der Waals surface area contributed by atoms with Gasteiger partial charge in [0.2, 0.25) is 0 Å². The van der Waals surface area contributed by atoms with Crippen molar-refractivity contribution in [3.05, 3.63) is 55.2 Å². The third kappa shape index (κ3) is 2.99. The van der Waals surface area contributed by atoms with Gasteiger partial charge in [0.15, 0.2) is 0 Å². The maximum absolute atomic E-state index is 3.62. The van der Waals surface area contributed by atoms with Gasteiger partial charge >= 0.3 is 0 Å². The summed E-state index contributed by atoms with van der Waals surface area (Å²) in [6, 6.07) is 9.03. The lowest BCUT2D eigenvalue weighted by Crippen LogP contribution is -1.91. The van der Waals surface area contributed by atoms with Gasteiger partial charge in [0.05, 0.1) is 0 Å². The van der Waals surface area contributed by atoms with Gasteiger partial charge in [-0.3, -0.25) is 0 Å². The molecule has 90 valence electrons. The van der Waals surface area contributed by atoms with Crippen molar-refractivity contribution < 1.29 is 0 Å². The topological polar surface area (TPSA) is 0 Å². The van der Waals surface area contributed by atoms with Crippen molar-refractivity contribution in [2.45, 2.75) is 33.6 Å². The molecule has 1 heterocycles. The van der Waals surface area contributed by atoms with E-state index < -0.39 is 0 Å². The number of aryl methyl sites for hydroxylation is 3. The van der Waals surface area contributed by atoms with E-state index in [1.165, 1.54) is 30.9 Å². The summed E-state index contributed by atoms with van der Waals surface area (Å²) in [6.07, 6.45) is 2.19. The average molecular weight is 309 g/mol. The lowest BCUT2D eigenvalue weighted by molar-refractivity contribution is 1.17. The van der Waals surface area contributed by atoms with Crippen molar-refractivity contribution in [1.82, 2.24) is 0 Å². The van der Waals surface area contributed by atoms with Crippen molar-refractivity contribution in [2.75, 3.05) is 0 Å². The van der Waals surface area contributed by atoms with Crippen LogP contribution in [0, 0.1) is 13.8 Å². The van der Waals surface area contributed by atoms with Gasteiger partial charge < -0.3 is 0 Å². The van der Waals surface area contributed by atoms with Crippen LogP contribution in [0.5, 0.6) is 0 Å². The minimum Gasteiger partial charge on any atom is -0.145 e. The summed E-state index contributed by atoms with van der Waals surface area (Å²) in [6.45, 7) is 6.55. The number of thiophene rings is 1. The summed E-state index contributed by atoms with van der Waals surface area (Å²) in [5.41, 5.74) is 4.12. The van der Waals surface area contributed by atoms with E-state index in [0.717, 1.165) is 12.8 Å². The molecular weight excluding hydrogens is 292 g/mol. The van der Waals surface area contributed by atoms with E-state index in [-0.39, 0.29) is 0 Å². The monoisotopic (exact) mass is 308 g/mol. The molecule has 17 heavy (non-hydrogen) atoms. The molecule has 0 aliphatic carbocycles. The molecule has 2 aromatic rings. The number of hydrogen-bond donors (Lipinski definition) is 0. The molecule has 0 spiro atoms. The fourth-order valence-electron chi connectivity index (χ4n) is 1.95. The van der Waals surface area contributed by atoms with Crippen LogP contribution in [0.4, 0.5) is 0 Å². The van der Waals surface area contributed by atoms with E-state index in [1.54, 1.807) is 0 Å². The SMILES string of the molecule is CCc1ccc(Cc2cc(Br)c(C)cc2C)s1. The first kappa shape index (κ1) is 12.8. The molecule has 0 fully saturated rings. The predicted octanol–water partition coefficient (Wildman–Crippen LogP) is 5.28. The van der Waals surface area contributed by atoms with Crippen LogP contribution in [0.2, 0.25) is 0 Å². The van der Waals surface area contributed by atoms with Gasteiger partial charge in [-0.05, 0) is 55.2 Å². The van der Waals surface area contributed by atoms with Gasteiger partial charge in [0.1, 0.15) is 0 Å². The maximum Gasteiger partial charge on any atom is 0.0207 e. The highest BCUT2D eigenvalue weighted by atomic mass is 79.9. The lowest BCUT2D eigenvalue weighted by Gasteiger charge is -2.07. The molecule has 1 aromatic carbocycles. The Labute approximate surface area is 116 Å². The Morgan fingerprint density at radius 1 is 1.06 bits per heavy atom. The highest BCUT2D eigenvalue weighted by molar-refractivity contribution is 9.10. The van der Waals surface area contributed by atoms with Crippen LogP contribution in [0.3, 0.4) is 0 Å². The highest BCUT2D eigenvalue weighted by Gasteiger charge is 2.05. The zero-order valence-electron chi connectivity index (χ0n) is 10.5. The molecule has 2 rings (SSSR count). The number of halogens is 1. The second-order valence-corrected chi connectivity index (χ2v) is 6.53. The van der Waals surface area contributed by atoms with Crippen molar-refractivity contribution in [2.24, 2.45) is 0 Å². The Kier molecular flexibility index (Phi) is 4.05. The zero-order valence-corrected chi connectivity index (χ0v) is 12.9.